The minimum Gasteiger partial charge on any atom is -0.292 e. The maximum Gasteiger partial charge on any atom is 0.184 e. The van der Waals surface area contributed by atoms with E-state index in [1.807, 2.05) is 0 Å². The smallest absolute Gasteiger partial charge is 0.184 e. The lowest BCUT2D eigenvalue weighted by atomic mass is 9.82. The van der Waals surface area contributed by atoms with Gasteiger partial charge in [-0.3, -0.25) is 9.69 Å². The molecule has 20 heavy (non-hydrogen) atoms. The molecule has 4 heteroatoms. The van der Waals surface area contributed by atoms with E-state index >= 15 is 0 Å². The lowest BCUT2D eigenvalue weighted by molar-refractivity contribution is 0.0581. The minimum atomic E-state index is -0.440. The molecule has 0 aromatic heterocycles. The van der Waals surface area contributed by atoms with Gasteiger partial charge in [0.1, 0.15) is 0 Å². The number of Topliss-reactive ketones (excluding diaryl/α,β-unsaturated/α-hetero) is 1. The van der Waals surface area contributed by atoms with Crippen molar-refractivity contribution in [3.8, 4) is 0 Å². The Morgan fingerprint density at radius 1 is 1.20 bits per heavy atom. The van der Waals surface area contributed by atoms with Crippen LogP contribution in [0.15, 0.2) is 18.2 Å². The average molecular weight is 314 g/mol. The Morgan fingerprint density at radius 3 is 2.35 bits per heavy atom. The summed E-state index contributed by atoms with van der Waals surface area (Å²) >= 11 is 12.3. The van der Waals surface area contributed by atoms with E-state index in [-0.39, 0.29) is 5.78 Å². The Kier molecular flexibility index (Phi) is 5.11. The first-order valence-corrected chi connectivity index (χ1v) is 8.05. The standard InChI is InChI=1S/C16H21Cl2NO/c1-3-16(4-2,19-9-5-6-10-19)15(20)13-11-12(17)7-8-14(13)18/h7-8,11H,3-6,9-10H2,1-2H3. The van der Waals surface area contributed by atoms with Gasteiger partial charge in [0.15, 0.2) is 5.78 Å². The molecule has 0 spiro atoms. The zero-order valence-corrected chi connectivity index (χ0v) is 13.6. The van der Waals surface area contributed by atoms with Crippen molar-refractivity contribution in [2.75, 3.05) is 13.1 Å². The van der Waals surface area contributed by atoms with Crippen LogP contribution in [0.5, 0.6) is 0 Å². The predicted molar refractivity (Wildman–Crippen MR) is 84.9 cm³/mol. The largest absolute Gasteiger partial charge is 0.292 e. The van der Waals surface area contributed by atoms with E-state index in [1.54, 1.807) is 18.2 Å². The van der Waals surface area contributed by atoms with Crippen LogP contribution < -0.4 is 0 Å². The van der Waals surface area contributed by atoms with Gasteiger partial charge in [-0.1, -0.05) is 37.0 Å². The number of rotatable bonds is 5. The van der Waals surface area contributed by atoms with E-state index in [9.17, 15) is 4.79 Å². The number of hydrogen-bond donors (Lipinski definition) is 0. The van der Waals surface area contributed by atoms with Crippen LogP contribution >= 0.6 is 23.2 Å². The number of carbonyl (C=O) groups is 1. The summed E-state index contributed by atoms with van der Waals surface area (Å²) in [6.45, 7) is 6.15. The molecule has 1 heterocycles. The molecule has 0 atom stereocenters. The monoisotopic (exact) mass is 313 g/mol. The van der Waals surface area contributed by atoms with Crippen LogP contribution in [0.3, 0.4) is 0 Å². The van der Waals surface area contributed by atoms with E-state index < -0.39 is 5.54 Å². The summed E-state index contributed by atoms with van der Waals surface area (Å²) in [4.78, 5) is 15.4. The highest BCUT2D eigenvalue weighted by atomic mass is 35.5. The van der Waals surface area contributed by atoms with Crippen molar-refractivity contribution in [1.29, 1.82) is 0 Å². The third kappa shape index (κ3) is 2.74. The van der Waals surface area contributed by atoms with Gasteiger partial charge < -0.3 is 0 Å². The maximum atomic E-state index is 13.1. The predicted octanol–water partition coefficient (Wildman–Crippen LogP) is 4.83. The van der Waals surface area contributed by atoms with Gasteiger partial charge in [0.05, 0.1) is 10.6 Å². The van der Waals surface area contributed by atoms with Crippen molar-refractivity contribution in [2.24, 2.45) is 0 Å². The fourth-order valence-electron chi connectivity index (χ4n) is 3.23. The van der Waals surface area contributed by atoms with Crippen LogP contribution in [0.1, 0.15) is 49.9 Å². The number of carbonyl (C=O) groups excluding carboxylic acids is 1. The maximum absolute atomic E-state index is 13.1. The second-order valence-electron chi connectivity index (χ2n) is 5.39. The first kappa shape index (κ1) is 15.8. The van der Waals surface area contributed by atoms with Gasteiger partial charge in [-0.25, -0.2) is 0 Å². The summed E-state index contributed by atoms with van der Waals surface area (Å²) in [5.74, 6) is 0.108. The first-order chi connectivity index (χ1) is 9.55. The minimum absolute atomic E-state index is 0.108. The third-order valence-corrected chi connectivity index (χ3v) is 5.04. The lowest BCUT2D eigenvalue weighted by Gasteiger charge is -2.39. The Bertz CT molecular complexity index is 491. The zero-order valence-electron chi connectivity index (χ0n) is 12.1. The highest BCUT2D eigenvalue weighted by molar-refractivity contribution is 6.36. The quantitative estimate of drug-likeness (QED) is 0.726. The van der Waals surface area contributed by atoms with Crippen LogP contribution in [-0.4, -0.2) is 29.3 Å². The Morgan fingerprint density at radius 2 is 1.80 bits per heavy atom. The second-order valence-corrected chi connectivity index (χ2v) is 6.23. The highest BCUT2D eigenvalue weighted by Gasteiger charge is 2.42. The van der Waals surface area contributed by atoms with Crippen LogP contribution in [-0.2, 0) is 0 Å². The van der Waals surface area contributed by atoms with Gasteiger partial charge in [0, 0.05) is 10.6 Å². The topological polar surface area (TPSA) is 20.3 Å². The molecule has 0 aliphatic carbocycles. The molecule has 1 fully saturated rings. The summed E-state index contributed by atoms with van der Waals surface area (Å²) < 4.78 is 0. The molecule has 2 nitrogen and oxygen atoms in total. The number of nitrogens with zero attached hydrogens (tertiary/aromatic N) is 1. The molecule has 0 bridgehead atoms. The molecule has 2 rings (SSSR count). The summed E-state index contributed by atoms with van der Waals surface area (Å²) in [5, 5.41) is 1.05. The van der Waals surface area contributed by atoms with Crippen LogP contribution in [0.2, 0.25) is 10.0 Å². The van der Waals surface area contributed by atoms with Crippen LogP contribution in [0.4, 0.5) is 0 Å². The van der Waals surface area contributed by atoms with Crippen LogP contribution in [0.25, 0.3) is 0 Å². The first-order valence-electron chi connectivity index (χ1n) is 7.30. The average Bonchev–Trinajstić information content (AvgIpc) is 2.98. The number of halogens is 2. The molecule has 110 valence electrons. The van der Waals surface area contributed by atoms with E-state index in [4.69, 9.17) is 23.2 Å². The van der Waals surface area contributed by atoms with E-state index in [1.165, 1.54) is 0 Å². The van der Waals surface area contributed by atoms with E-state index in [0.717, 1.165) is 38.8 Å². The van der Waals surface area contributed by atoms with Crippen molar-refractivity contribution in [3.05, 3.63) is 33.8 Å². The van der Waals surface area contributed by atoms with Crippen molar-refractivity contribution in [2.45, 2.75) is 45.1 Å². The summed E-state index contributed by atoms with van der Waals surface area (Å²) in [7, 11) is 0. The Labute approximate surface area is 131 Å². The Hall–Kier alpha value is -0.570. The van der Waals surface area contributed by atoms with Crippen molar-refractivity contribution >= 4 is 29.0 Å². The molecule has 0 N–H and O–H groups in total. The van der Waals surface area contributed by atoms with Crippen molar-refractivity contribution < 1.29 is 4.79 Å². The van der Waals surface area contributed by atoms with Crippen molar-refractivity contribution in [1.82, 2.24) is 4.90 Å². The fraction of sp³-hybridized carbons (Fsp3) is 0.562. The molecule has 1 aromatic rings. The molecule has 0 radical (unpaired) electrons. The second kappa shape index (κ2) is 6.46. The van der Waals surface area contributed by atoms with Gasteiger partial charge in [-0.15, -0.1) is 0 Å². The molecular weight excluding hydrogens is 293 g/mol. The van der Waals surface area contributed by atoms with Gasteiger partial charge in [-0.2, -0.15) is 0 Å². The number of likely N-dealkylation sites (tertiary alicyclic amines) is 1. The van der Waals surface area contributed by atoms with E-state index in [2.05, 4.69) is 18.7 Å². The molecular formula is C16H21Cl2NO. The van der Waals surface area contributed by atoms with Gasteiger partial charge >= 0.3 is 0 Å². The molecule has 1 aromatic carbocycles. The lowest BCUT2D eigenvalue weighted by Crippen LogP contribution is -2.52. The molecule has 1 aliphatic heterocycles. The highest BCUT2D eigenvalue weighted by Crippen LogP contribution is 2.34. The van der Waals surface area contributed by atoms with Gasteiger partial charge in [-0.05, 0) is 57.0 Å². The number of benzene rings is 1. The van der Waals surface area contributed by atoms with Gasteiger partial charge in [0.2, 0.25) is 0 Å². The van der Waals surface area contributed by atoms with E-state index in [0.29, 0.717) is 15.6 Å². The molecule has 1 saturated heterocycles. The molecule has 0 amide bonds. The fourth-order valence-corrected chi connectivity index (χ4v) is 3.60. The molecule has 0 saturated carbocycles. The zero-order chi connectivity index (χ0) is 14.8. The summed E-state index contributed by atoms with van der Waals surface area (Å²) in [6.07, 6.45) is 3.92. The van der Waals surface area contributed by atoms with Crippen LogP contribution in [0, 0.1) is 0 Å². The molecule has 1 aliphatic rings. The molecule has 0 unspecified atom stereocenters. The third-order valence-electron chi connectivity index (χ3n) is 4.48. The normalized spacial score (nSPS) is 16.6. The van der Waals surface area contributed by atoms with Gasteiger partial charge in [0.25, 0.3) is 0 Å². The summed E-state index contributed by atoms with van der Waals surface area (Å²) in [6, 6.07) is 5.12. The SMILES string of the molecule is CCC(CC)(C(=O)c1cc(Cl)ccc1Cl)N1CCCC1. The Balaban J connectivity index is 2.43. The number of ketones is 1. The number of hydrogen-bond acceptors (Lipinski definition) is 2. The van der Waals surface area contributed by atoms with Crippen molar-refractivity contribution in [3.63, 3.8) is 0 Å². The summed E-state index contributed by atoms with van der Waals surface area (Å²) in [5.41, 5.74) is 0.111.